The topological polar surface area (TPSA) is 88.3 Å². The number of carbonyl (C=O) groups is 1. The highest BCUT2D eigenvalue weighted by molar-refractivity contribution is 5.96. The van der Waals surface area contributed by atoms with Crippen LogP contribution in [0.3, 0.4) is 0 Å². The third-order valence-corrected chi connectivity index (χ3v) is 7.86. The number of hydrogen-bond donors (Lipinski definition) is 2. The fraction of sp³-hybridized carbons (Fsp3) is 0.448. The lowest BCUT2D eigenvalue weighted by molar-refractivity contribution is 0.0256. The molecule has 0 unspecified atom stereocenters. The molecule has 2 aromatic carbocycles. The van der Waals surface area contributed by atoms with Gasteiger partial charge in [-0.05, 0) is 68.4 Å². The first-order valence-corrected chi connectivity index (χ1v) is 13.2. The number of nitrogens with one attached hydrogen (secondary N) is 2. The van der Waals surface area contributed by atoms with Gasteiger partial charge in [0, 0.05) is 42.1 Å². The first kappa shape index (κ1) is 22.9. The Morgan fingerprint density at radius 1 is 1.00 bits per heavy atom. The summed E-state index contributed by atoms with van der Waals surface area (Å²) in [6.07, 6.45) is 8.65. The summed E-state index contributed by atoms with van der Waals surface area (Å²) >= 11 is 0. The molecule has 3 fully saturated rings. The van der Waals surface area contributed by atoms with Gasteiger partial charge in [0.25, 0.3) is 0 Å². The first-order valence-electron chi connectivity index (χ1n) is 13.2. The average molecular weight is 485 g/mol. The maximum atomic E-state index is 12.3. The van der Waals surface area contributed by atoms with Crippen LogP contribution in [-0.4, -0.2) is 36.0 Å². The Labute approximate surface area is 211 Å². The van der Waals surface area contributed by atoms with Crippen molar-refractivity contribution in [2.75, 3.05) is 18.5 Å². The van der Waals surface area contributed by atoms with Crippen LogP contribution in [0.1, 0.15) is 63.0 Å². The van der Waals surface area contributed by atoms with Crippen LogP contribution in [0, 0.1) is 11.3 Å². The van der Waals surface area contributed by atoms with E-state index >= 15 is 0 Å². The maximum Gasteiger partial charge on any atom is 0.319 e. The number of urea groups is 1. The Balaban J connectivity index is 1.32. The number of nitrogens with zero attached hydrogens (tertiary/aromatic N) is 2. The predicted molar refractivity (Wildman–Crippen MR) is 139 cm³/mol. The van der Waals surface area contributed by atoms with Gasteiger partial charge in [-0.15, -0.1) is 0 Å². The van der Waals surface area contributed by atoms with Gasteiger partial charge >= 0.3 is 6.03 Å². The zero-order valence-electron chi connectivity index (χ0n) is 20.5. The summed E-state index contributed by atoms with van der Waals surface area (Å²) in [4.78, 5) is 12.3. The van der Waals surface area contributed by atoms with Gasteiger partial charge in [-0.2, -0.15) is 5.26 Å². The molecule has 186 valence electrons. The molecule has 0 radical (unpaired) electrons. The quantitative estimate of drug-likeness (QED) is 0.440. The van der Waals surface area contributed by atoms with E-state index < -0.39 is 0 Å². The standard InChI is InChI=1S/C29H32N4O3/c30-18-26-25-12-11-24(36-23-13-15-35-16-14-23)17-27(25)33(22-5-2-6-22)28(26)19-7-9-21(10-8-19)32-29(34)31-20-3-1-4-20/h7-12,17,20,22-23H,1-6,13-16H2,(H2,31,32,34). The number of rotatable bonds is 6. The van der Waals surface area contributed by atoms with Crippen LogP contribution < -0.4 is 15.4 Å². The van der Waals surface area contributed by atoms with Crippen molar-refractivity contribution in [2.45, 2.75) is 69.6 Å². The molecule has 2 heterocycles. The van der Waals surface area contributed by atoms with Gasteiger partial charge in [-0.25, -0.2) is 4.79 Å². The molecule has 3 aromatic rings. The van der Waals surface area contributed by atoms with Crippen molar-refractivity contribution in [1.29, 1.82) is 5.26 Å². The SMILES string of the molecule is N#Cc1c(-c2ccc(NC(=O)NC3CCC3)cc2)n(C2CCC2)c2cc(OC3CCOCC3)ccc12. The van der Waals surface area contributed by atoms with Gasteiger partial charge in [0.15, 0.2) is 0 Å². The first-order chi connectivity index (χ1) is 17.7. The molecule has 2 amide bonds. The molecule has 0 bridgehead atoms. The van der Waals surface area contributed by atoms with Crippen molar-refractivity contribution in [3.05, 3.63) is 48.0 Å². The smallest absolute Gasteiger partial charge is 0.319 e. The number of carbonyl (C=O) groups excluding carboxylic acids is 1. The zero-order valence-corrected chi connectivity index (χ0v) is 20.5. The minimum absolute atomic E-state index is 0.161. The Kier molecular flexibility index (Phi) is 6.28. The third kappa shape index (κ3) is 4.42. The summed E-state index contributed by atoms with van der Waals surface area (Å²) in [5, 5.41) is 17.1. The highest BCUT2D eigenvalue weighted by atomic mass is 16.5. The third-order valence-electron chi connectivity index (χ3n) is 7.86. The average Bonchev–Trinajstić information content (AvgIpc) is 3.15. The number of hydrogen-bond acceptors (Lipinski definition) is 4. The molecule has 0 spiro atoms. The van der Waals surface area contributed by atoms with Crippen LogP contribution in [0.25, 0.3) is 22.2 Å². The Morgan fingerprint density at radius 2 is 1.75 bits per heavy atom. The highest BCUT2D eigenvalue weighted by Gasteiger charge is 2.28. The highest BCUT2D eigenvalue weighted by Crippen LogP contribution is 2.43. The van der Waals surface area contributed by atoms with Crippen LogP contribution >= 0.6 is 0 Å². The molecule has 36 heavy (non-hydrogen) atoms. The molecule has 2 aliphatic carbocycles. The normalized spacial score (nSPS) is 18.8. The number of fused-ring (bicyclic) bond motifs is 1. The lowest BCUT2D eigenvalue weighted by Crippen LogP contribution is -2.41. The van der Waals surface area contributed by atoms with Crippen LogP contribution in [-0.2, 0) is 4.74 Å². The Hall–Kier alpha value is -3.50. The summed E-state index contributed by atoms with van der Waals surface area (Å²) in [5.74, 6) is 0.848. The van der Waals surface area contributed by atoms with Crippen molar-refractivity contribution in [1.82, 2.24) is 9.88 Å². The second kappa shape index (κ2) is 9.87. The molecular weight excluding hydrogens is 452 g/mol. The largest absolute Gasteiger partial charge is 0.490 e. The van der Waals surface area contributed by atoms with Crippen molar-refractivity contribution in [3.63, 3.8) is 0 Å². The van der Waals surface area contributed by atoms with E-state index in [1.54, 1.807) is 0 Å². The molecule has 7 nitrogen and oxygen atoms in total. The molecule has 1 aliphatic heterocycles. The molecule has 3 aliphatic rings. The minimum atomic E-state index is -0.161. The summed E-state index contributed by atoms with van der Waals surface area (Å²) < 4.78 is 14.1. The molecule has 7 heteroatoms. The van der Waals surface area contributed by atoms with Crippen molar-refractivity contribution < 1.29 is 14.3 Å². The van der Waals surface area contributed by atoms with Crippen LogP contribution in [0.15, 0.2) is 42.5 Å². The second-order valence-corrected chi connectivity index (χ2v) is 10.2. The molecule has 0 atom stereocenters. The summed E-state index contributed by atoms with van der Waals surface area (Å²) in [5.41, 5.74) is 4.42. The van der Waals surface area contributed by atoms with E-state index in [1.807, 2.05) is 36.4 Å². The van der Waals surface area contributed by atoms with Gasteiger partial charge in [0.1, 0.15) is 17.9 Å². The summed E-state index contributed by atoms with van der Waals surface area (Å²) in [7, 11) is 0. The number of aromatic nitrogens is 1. The van der Waals surface area contributed by atoms with Gasteiger partial charge in [0.05, 0.1) is 30.0 Å². The van der Waals surface area contributed by atoms with Gasteiger partial charge < -0.3 is 24.7 Å². The summed E-state index contributed by atoms with van der Waals surface area (Å²) in [6.45, 7) is 1.47. The number of anilines is 1. The van der Waals surface area contributed by atoms with E-state index in [1.165, 1.54) is 12.8 Å². The maximum absolute atomic E-state index is 12.3. The zero-order chi connectivity index (χ0) is 24.5. The predicted octanol–water partition coefficient (Wildman–Crippen LogP) is 6.14. The number of amides is 2. The van der Waals surface area contributed by atoms with E-state index in [0.717, 1.165) is 85.3 Å². The summed E-state index contributed by atoms with van der Waals surface area (Å²) in [6, 6.07) is 16.9. The Bertz CT molecular complexity index is 1290. The van der Waals surface area contributed by atoms with E-state index in [-0.39, 0.29) is 12.1 Å². The molecule has 1 aromatic heterocycles. The molecule has 2 saturated carbocycles. The van der Waals surface area contributed by atoms with Crippen molar-refractivity contribution in [3.8, 4) is 23.1 Å². The van der Waals surface area contributed by atoms with Crippen LogP contribution in [0.4, 0.5) is 10.5 Å². The van der Waals surface area contributed by atoms with E-state index in [0.29, 0.717) is 17.6 Å². The second-order valence-electron chi connectivity index (χ2n) is 10.2. The number of ether oxygens (including phenoxy) is 2. The number of benzene rings is 2. The van der Waals surface area contributed by atoms with Gasteiger partial charge in [0.2, 0.25) is 0 Å². The Morgan fingerprint density at radius 3 is 2.39 bits per heavy atom. The van der Waals surface area contributed by atoms with Crippen molar-refractivity contribution in [2.24, 2.45) is 0 Å². The number of nitriles is 1. The minimum Gasteiger partial charge on any atom is -0.490 e. The monoisotopic (exact) mass is 484 g/mol. The fourth-order valence-electron chi connectivity index (χ4n) is 5.39. The molecule has 1 saturated heterocycles. The van der Waals surface area contributed by atoms with Crippen LogP contribution in [0.2, 0.25) is 0 Å². The van der Waals surface area contributed by atoms with E-state index in [2.05, 4.69) is 27.3 Å². The lowest BCUT2D eigenvalue weighted by atomic mass is 9.92. The molecular formula is C29H32N4O3. The van der Waals surface area contributed by atoms with Gasteiger partial charge in [-0.1, -0.05) is 12.1 Å². The van der Waals surface area contributed by atoms with Crippen LogP contribution in [0.5, 0.6) is 5.75 Å². The molecule has 2 N–H and O–H groups in total. The fourth-order valence-corrected chi connectivity index (χ4v) is 5.39. The van der Waals surface area contributed by atoms with E-state index in [9.17, 15) is 10.1 Å². The van der Waals surface area contributed by atoms with E-state index in [4.69, 9.17) is 9.47 Å². The van der Waals surface area contributed by atoms with Gasteiger partial charge in [-0.3, -0.25) is 0 Å². The molecule has 6 rings (SSSR count). The lowest BCUT2D eigenvalue weighted by Gasteiger charge is -2.30. The van der Waals surface area contributed by atoms with Crippen molar-refractivity contribution >= 4 is 22.6 Å².